The van der Waals surface area contributed by atoms with E-state index in [2.05, 4.69) is 11.4 Å². The number of nitriles is 2. The number of nitrogens with zero attached hydrogens (tertiary/aromatic N) is 3. The second-order valence-corrected chi connectivity index (χ2v) is 6.21. The first kappa shape index (κ1) is 19.4. The Kier molecular flexibility index (Phi) is 5.72. The van der Waals surface area contributed by atoms with Crippen molar-refractivity contribution in [3.8, 4) is 12.1 Å². The average Bonchev–Trinajstić information content (AvgIpc) is 3.08. The zero-order chi connectivity index (χ0) is 20.8. The molecule has 0 aliphatic rings. The van der Waals surface area contributed by atoms with Crippen LogP contribution in [-0.2, 0) is 11.3 Å². The third-order valence-electron chi connectivity index (χ3n) is 4.34. The molecule has 1 heterocycles. The molecule has 0 saturated carbocycles. The molecule has 0 fully saturated rings. The molecule has 0 atom stereocenters. The SMILES string of the molecule is N#CCCn1cc(/C=C(\C#N)C(=O)Nc2ccc(C(=O)O)cc2)c2ccccc21. The van der Waals surface area contributed by atoms with Crippen molar-refractivity contribution in [3.05, 3.63) is 71.4 Å². The number of rotatable bonds is 6. The van der Waals surface area contributed by atoms with E-state index in [4.69, 9.17) is 10.4 Å². The molecule has 3 aromatic rings. The number of aryl methyl sites for hydroxylation is 1. The largest absolute Gasteiger partial charge is 0.478 e. The lowest BCUT2D eigenvalue weighted by molar-refractivity contribution is -0.112. The molecule has 1 aromatic heterocycles. The number of aromatic carboxylic acids is 1. The standard InChI is InChI=1S/C22H16N4O3/c23-10-3-11-26-14-17(19-4-1-2-5-20(19)26)12-16(13-24)21(27)25-18-8-6-15(7-9-18)22(28)29/h1-2,4-9,12,14H,3,11H2,(H,25,27)(H,28,29)/b16-12+. The number of nitrogens with one attached hydrogen (secondary N) is 1. The van der Waals surface area contributed by atoms with Gasteiger partial charge in [0.2, 0.25) is 0 Å². The predicted octanol–water partition coefficient (Wildman–Crippen LogP) is 3.80. The summed E-state index contributed by atoms with van der Waals surface area (Å²) < 4.78 is 1.92. The molecule has 7 nitrogen and oxygen atoms in total. The third kappa shape index (κ3) is 4.32. The van der Waals surface area contributed by atoms with E-state index in [9.17, 15) is 14.9 Å². The number of carboxylic acids is 1. The second kappa shape index (κ2) is 8.55. The van der Waals surface area contributed by atoms with Gasteiger partial charge in [0.1, 0.15) is 11.6 Å². The molecule has 0 bridgehead atoms. The highest BCUT2D eigenvalue weighted by atomic mass is 16.4. The molecule has 0 unspecified atom stereocenters. The van der Waals surface area contributed by atoms with Crippen LogP contribution in [0.5, 0.6) is 0 Å². The van der Waals surface area contributed by atoms with E-state index in [1.54, 1.807) is 0 Å². The highest BCUT2D eigenvalue weighted by Crippen LogP contribution is 2.24. The van der Waals surface area contributed by atoms with Crippen LogP contribution in [0.3, 0.4) is 0 Å². The molecule has 29 heavy (non-hydrogen) atoms. The van der Waals surface area contributed by atoms with Crippen molar-refractivity contribution in [1.29, 1.82) is 10.5 Å². The van der Waals surface area contributed by atoms with Gasteiger partial charge in [-0.15, -0.1) is 0 Å². The first-order valence-corrected chi connectivity index (χ1v) is 8.75. The molecule has 1 amide bonds. The van der Waals surface area contributed by atoms with Gasteiger partial charge in [0.15, 0.2) is 0 Å². The summed E-state index contributed by atoms with van der Waals surface area (Å²) in [6, 6.07) is 17.2. The molecule has 0 saturated heterocycles. The Morgan fingerprint density at radius 1 is 1.10 bits per heavy atom. The van der Waals surface area contributed by atoms with Gasteiger partial charge in [-0.25, -0.2) is 4.79 Å². The second-order valence-electron chi connectivity index (χ2n) is 6.21. The Morgan fingerprint density at radius 2 is 1.83 bits per heavy atom. The molecule has 2 aromatic carbocycles. The summed E-state index contributed by atoms with van der Waals surface area (Å²) in [6.07, 6.45) is 3.67. The summed E-state index contributed by atoms with van der Waals surface area (Å²) in [6.45, 7) is 0.509. The summed E-state index contributed by atoms with van der Waals surface area (Å²) in [5.41, 5.74) is 2.01. The number of aromatic nitrogens is 1. The minimum absolute atomic E-state index is 0.0875. The molecular weight excluding hydrogens is 368 g/mol. The highest BCUT2D eigenvalue weighted by Gasteiger charge is 2.13. The van der Waals surface area contributed by atoms with E-state index in [0.717, 1.165) is 10.9 Å². The van der Waals surface area contributed by atoms with Crippen molar-refractivity contribution in [3.63, 3.8) is 0 Å². The number of carbonyl (C=O) groups excluding carboxylic acids is 1. The first-order valence-electron chi connectivity index (χ1n) is 8.75. The summed E-state index contributed by atoms with van der Waals surface area (Å²) in [4.78, 5) is 23.4. The third-order valence-corrected chi connectivity index (χ3v) is 4.34. The molecule has 142 valence electrons. The van der Waals surface area contributed by atoms with Gasteiger partial charge in [0, 0.05) is 34.9 Å². The van der Waals surface area contributed by atoms with E-state index >= 15 is 0 Å². The van der Waals surface area contributed by atoms with E-state index < -0.39 is 11.9 Å². The van der Waals surface area contributed by atoms with Crippen LogP contribution in [0.2, 0.25) is 0 Å². The average molecular weight is 384 g/mol. The maximum absolute atomic E-state index is 12.5. The maximum Gasteiger partial charge on any atom is 0.335 e. The number of hydrogen-bond donors (Lipinski definition) is 2. The van der Waals surface area contributed by atoms with Crippen molar-refractivity contribution in [2.24, 2.45) is 0 Å². The van der Waals surface area contributed by atoms with Crippen LogP contribution in [-0.4, -0.2) is 21.6 Å². The minimum Gasteiger partial charge on any atom is -0.478 e. The number of fused-ring (bicyclic) bond motifs is 1. The Morgan fingerprint density at radius 3 is 2.48 bits per heavy atom. The van der Waals surface area contributed by atoms with Crippen LogP contribution in [0.4, 0.5) is 5.69 Å². The van der Waals surface area contributed by atoms with Gasteiger partial charge in [-0.2, -0.15) is 10.5 Å². The number of hydrogen-bond acceptors (Lipinski definition) is 4. The first-order chi connectivity index (χ1) is 14.0. The van der Waals surface area contributed by atoms with Crippen molar-refractivity contribution in [1.82, 2.24) is 4.57 Å². The normalized spacial score (nSPS) is 10.9. The highest BCUT2D eigenvalue weighted by molar-refractivity contribution is 6.10. The number of carbonyl (C=O) groups is 2. The Labute approximate surface area is 166 Å². The lowest BCUT2D eigenvalue weighted by Gasteiger charge is -2.04. The molecule has 3 rings (SSSR count). The Hall–Kier alpha value is -4.36. The van der Waals surface area contributed by atoms with Crippen LogP contribution in [0.15, 0.2) is 60.3 Å². The van der Waals surface area contributed by atoms with Gasteiger partial charge in [-0.3, -0.25) is 4.79 Å². The Bertz CT molecular complexity index is 1190. The lowest BCUT2D eigenvalue weighted by atomic mass is 10.1. The van der Waals surface area contributed by atoms with Crippen molar-refractivity contribution >= 4 is 34.5 Å². The molecule has 7 heteroatoms. The fraction of sp³-hybridized carbons (Fsp3) is 0.0909. The molecule has 2 N–H and O–H groups in total. The fourth-order valence-corrected chi connectivity index (χ4v) is 2.94. The van der Waals surface area contributed by atoms with Crippen LogP contribution in [0.25, 0.3) is 17.0 Å². The van der Waals surface area contributed by atoms with Crippen LogP contribution in [0.1, 0.15) is 22.3 Å². The molecule has 0 aliphatic carbocycles. The van der Waals surface area contributed by atoms with Crippen LogP contribution >= 0.6 is 0 Å². The molecule has 0 aliphatic heterocycles. The fourth-order valence-electron chi connectivity index (χ4n) is 2.94. The number of carboxylic acid groups (broad SMARTS) is 1. The monoisotopic (exact) mass is 384 g/mol. The maximum atomic E-state index is 12.5. The minimum atomic E-state index is -1.06. The number of para-hydroxylation sites is 1. The zero-order valence-electron chi connectivity index (χ0n) is 15.3. The predicted molar refractivity (Wildman–Crippen MR) is 108 cm³/mol. The number of amides is 1. The van der Waals surface area contributed by atoms with E-state index in [0.29, 0.717) is 24.2 Å². The van der Waals surface area contributed by atoms with Gasteiger partial charge in [-0.05, 0) is 36.4 Å². The van der Waals surface area contributed by atoms with Crippen molar-refractivity contribution in [2.45, 2.75) is 13.0 Å². The summed E-state index contributed by atoms with van der Waals surface area (Å²) in [5.74, 6) is -1.65. The summed E-state index contributed by atoms with van der Waals surface area (Å²) in [5, 5.41) is 30.7. The lowest BCUT2D eigenvalue weighted by Crippen LogP contribution is -2.13. The van der Waals surface area contributed by atoms with Crippen molar-refractivity contribution in [2.75, 3.05) is 5.32 Å². The molecule has 0 spiro atoms. The zero-order valence-corrected chi connectivity index (χ0v) is 15.3. The topological polar surface area (TPSA) is 119 Å². The van der Waals surface area contributed by atoms with Crippen molar-refractivity contribution < 1.29 is 14.7 Å². The van der Waals surface area contributed by atoms with E-state index in [1.165, 1.54) is 30.3 Å². The number of benzene rings is 2. The molecular formula is C22H16N4O3. The van der Waals surface area contributed by atoms with Gasteiger partial charge >= 0.3 is 5.97 Å². The van der Waals surface area contributed by atoms with Gasteiger partial charge in [-0.1, -0.05) is 18.2 Å². The smallest absolute Gasteiger partial charge is 0.335 e. The van der Waals surface area contributed by atoms with Gasteiger partial charge in [0.25, 0.3) is 5.91 Å². The van der Waals surface area contributed by atoms with E-state index in [-0.39, 0.29) is 11.1 Å². The van der Waals surface area contributed by atoms with Crippen LogP contribution in [0, 0.1) is 22.7 Å². The van der Waals surface area contributed by atoms with Crippen LogP contribution < -0.4 is 5.32 Å². The van der Waals surface area contributed by atoms with E-state index in [1.807, 2.05) is 41.1 Å². The Balaban J connectivity index is 1.89. The number of anilines is 1. The van der Waals surface area contributed by atoms with Gasteiger partial charge in [0.05, 0.1) is 18.1 Å². The van der Waals surface area contributed by atoms with Gasteiger partial charge < -0.3 is 15.0 Å². The summed E-state index contributed by atoms with van der Waals surface area (Å²) >= 11 is 0. The summed E-state index contributed by atoms with van der Waals surface area (Å²) in [7, 11) is 0. The quantitative estimate of drug-likeness (QED) is 0.495. The molecule has 0 radical (unpaired) electrons.